The first kappa shape index (κ1) is 24.2. The maximum atomic E-state index is 13.4. The zero-order chi connectivity index (χ0) is 22.3. The summed E-state index contributed by atoms with van der Waals surface area (Å²) >= 11 is 0. The Morgan fingerprint density at radius 1 is 1.03 bits per heavy atom. The topological polar surface area (TPSA) is 73.0 Å². The number of piperazine rings is 1. The van der Waals surface area contributed by atoms with Crippen LogP contribution in [0.4, 0.5) is 0 Å². The van der Waals surface area contributed by atoms with Gasteiger partial charge in [0, 0.05) is 52.2 Å². The van der Waals surface area contributed by atoms with Gasteiger partial charge in [-0.2, -0.15) is 4.31 Å². The first-order chi connectivity index (χ1) is 14.9. The van der Waals surface area contributed by atoms with E-state index in [1.807, 2.05) is 17.0 Å². The number of sulfonamides is 1. The molecule has 0 unspecified atom stereocenters. The third kappa shape index (κ3) is 7.00. The number of carbonyl (C=O) groups excluding carboxylic acids is 1. The summed E-state index contributed by atoms with van der Waals surface area (Å²) in [5.41, 5.74) is 1.14. The number of hydrogen-bond donors (Lipinski definition) is 1. The largest absolute Gasteiger partial charge is 0.340 e. The summed E-state index contributed by atoms with van der Waals surface area (Å²) in [6, 6.07) is 7.26. The molecule has 1 N–H and O–H groups in total. The monoisotopic (exact) mass is 450 g/mol. The number of likely N-dealkylation sites (tertiary alicyclic amines) is 1. The fourth-order valence-electron chi connectivity index (χ4n) is 4.32. The van der Waals surface area contributed by atoms with E-state index in [0.717, 1.165) is 38.2 Å². The van der Waals surface area contributed by atoms with Crippen LogP contribution in [0, 0.1) is 5.92 Å². The zero-order valence-electron chi connectivity index (χ0n) is 19.1. The van der Waals surface area contributed by atoms with Crippen LogP contribution in [0.25, 0.3) is 0 Å². The lowest BCUT2D eigenvalue weighted by atomic mass is 10.0. The molecule has 0 aliphatic carbocycles. The minimum atomic E-state index is -3.64. The second-order valence-electron chi connectivity index (χ2n) is 9.08. The van der Waals surface area contributed by atoms with Crippen molar-refractivity contribution in [3.63, 3.8) is 0 Å². The van der Waals surface area contributed by atoms with Crippen LogP contribution in [0.2, 0.25) is 0 Å². The van der Waals surface area contributed by atoms with Gasteiger partial charge >= 0.3 is 0 Å². The van der Waals surface area contributed by atoms with E-state index >= 15 is 0 Å². The minimum absolute atomic E-state index is 0.0372. The predicted octanol–water partition coefficient (Wildman–Crippen LogP) is 1.79. The van der Waals surface area contributed by atoms with Crippen LogP contribution in [0.3, 0.4) is 0 Å². The standard InChI is InChI=1S/C23H38N4O3S/c1-20(2)19-21-5-7-22(8-6-21)31(29,30)27(18-17-25-12-3-4-13-25)14-9-23(28)26-15-10-24-11-16-26/h5-8,20,24H,3-4,9-19H2,1-2H3. The first-order valence-corrected chi connectivity index (χ1v) is 13.1. The van der Waals surface area contributed by atoms with E-state index in [0.29, 0.717) is 37.0 Å². The Hall–Kier alpha value is -1.48. The van der Waals surface area contributed by atoms with Gasteiger partial charge in [0.1, 0.15) is 0 Å². The quantitative estimate of drug-likeness (QED) is 0.588. The molecule has 0 aromatic heterocycles. The van der Waals surface area contributed by atoms with E-state index in [1.54, 1.807) is 12.1 Å². The average molecular weight is 451 g/mol. The molecule has 2 fully saturated rings. The molecule has 1 aromatic rings. The van der Waals surface area contributed by atoms with E-state index in [-0.39, 0.29) is 18.9 Å². The molecule has 3 rings (SSSR count). The van der Waals surface area contributed by atoms with Crippen LogP contribution in [0.5, 0.6) is 0 Å². The van der Waals surface area contributed by atoms with Crippen molar-refractivity contribution in [3.05, 3.63) is 29.8 Å². The van der Waals surface area contributed by atoms with Crippen LogP contribution < -0.4 is 5.32 Å². The molecule has 0 saturated carbocycles. The molecule has 2 heterocycles. The number of carbonyl (C=O) groups is 1. The molecule has 2 saturated heterocycles. The molecule has 2 aliphatic heterocycles. The van der Waals surface area contributed by atoms with Crippen molar-refractivity contribution in [2.24, 2.45) is 5.92 Å². The average Bonchev–Trinajstić information content (AvgIpc) is 3.27. The number of nitrogens with one attached hydrogen (secondary N) is 1. The fraction of sp³-hybridized carbons (Fsp3) is 0.696. The molecule has 1 aromatic carbocycles. The Labute approximate surface area is 187 Å². The molecule has 0 spiro atoms. The minimum Gasteiger partial charge on any atom is -0.340 e. The van der Waals surface area contributed by atoms with Crippen molar-refractivity contribution in [1.82, 2.24) is 19.4 Å². The second-order valence-corrected chi connectivity index (χ2v) is 11.0. The van der Waals surface area contributed by atoms with Crippen LogP contribution >= 0.6 is 0 Å². The van der Waals surface area contributed by atoms with Crippen LogP contribution in [-0.4, -0.2) is 87.3 Å². The molecule has 0 radical (unpaired) electrons. The number of hydrogen-bond acceptors (Lipinski definition) is 5. The van der Waals surface area contributed by atoms with Crippen molar-refractivity contribution >= 4 is 15.9 Å². The molecule has 8 heteroatoms. The van der Waals surface area contributed by atoms with Gasteiger partial charge in [-0.1, -0.05) is 26.0 Å². The maximum absolute atomic E-state index is 13.4. The van der Waals surface area contributed by atoms with Crippen molar-refractivity contribution in [1.29, 1.82) is 0 Å². The molecule has 174 valence electrons. The van der Waals surface area contributed by atoms with E-state index < -0.39 is 10.0 Å². The smallest absolute Gasteiger partial charge is 0.243 e. The maximum Gasteiger partial charge on any atom is 0.243 e. The molecular formula is C23H38N4O3S. The van der Waals surface area contributed by atoms with Crippen molar-refractivity contribution in [2.45, 2.75) is 44.4 Å². The molecular weight excluding hydrogens is 412 g/mol. The third-order valence-corrected chi connectivity index (χ3v) is 8.03. The molecule has 31 heavy (non-hydrogen) atoms. The van der Waals surface area contributed by atoms with E-state index in [1.165, 1.54) is 17.1 Å². The fourth-order valence-corrected chi connectivity index (χ4v) is 5.75. The van der Waals surface area contributed by atoms with Crippen LogP contribution in [0.1, 0.15) is 38.7 Å². The summed E-state index contributed by atoms with van der Waals surface area (Å²) in [6.07, 6.45) is 3.50. The Kier molecular flexibility index (Phi) is 8.89. The Bertz CT molecular complexity index is 799. The second kappa shape index (κ2) is 11.4. The SMILES string of the molecule is CC(C)Cc1ccc(S(=O)(=O)N(CCC(=O)N2CCNCC2)CCN2CCCC2)cc1. The highest BCUT2D eigenvalue weighted by Gasteiger charge is 2.27. The van der Waals surface area contributed by atoms with E-state index in [9.17, 15) is 13.2 Å². The van der Waals surface area contributed by atoms with Gasteiger partial charge < -0.3 is 15.1 Å². The normalized spacial score (nSPS) is 18.3. The van der Waals surface area contributed by atoms with Gasteiger partial charge in [-0.25, -0.2) is 8.42 Å². The zero-order valence-corrected chi connectivity index (χ0v) is 19.9. The Morgan fingerprint density at radius 3 is 2.29 bits per heavy atom. The molecule has 0 bridgehead atoms. The number of amides is 1. The van der Waals surface area contributed by atoms with Crippen LogP contribution in [-0.2, 0) is 21.2 Å². The highest BCUT2D eigenvalue weighted by atomic mass is 32.2. The lowest BCUT2D eigenvalue weighted by Crippen LogP contribution is -2.47. The molecule has 7 nitrogen and oxygen atoms in total. The highest BCUT2D eigenvalue weighted by molar-refractivity contribution is 7.89. The third-order valence-electron chi connectivity index (χ3n) is 6.11. The Morgan fingerprint density at radius 2 is 1.68 bits per heavy atom. The van der Waals surface area contributed by atoms with Gasteiger partial charge in [0.2, 0.25) is 15.9 Å². The first-order valence-electron chi connectivity index (χ1n) is 11.7. The predicted molar refractivity (Wildman–Crippen MR) is 123 cm³/mol. The lowest BCUT2D eigenvalue weighted by Gasteiger charge is -2.29. The van der Waals surface area contributed by atoms with E-state index in [2.05, 4.69) is 24.1 Å². The highest BCUT2D eigenvalue weighted by Crippen LogP contribution is 2.19. The van der Waals surface area contributed by atoms with Gasteiger partial charge in [-0.05, 0) is 56.0 Å². The summed E-state index contributed by atoms with van der Waals surface area (Å²) in [4.78, 5) is 17.1. The molecule has 1 amide bonds. The van der Waals surface area contributed by atoms with Crippen molar-refractivity contribution in [2.75, 3.05) is 58.9 Å². The van der Waals surface area contributed by atoms with Gasteiger partial charge in [-0.15, -0.1) is 0 Å². The van der Waals surface area contributed by atoms with Gasteiger partial charge in [0.15, 0.2) is 0 Å². The number of nitrogens with zero attached hydrogens (tertiary/aromatic N) is 3. The molecule has 0 atom stereocenters. The summed E-state index contributed by atoms with van der Waals surface area (Å²) < 4.78 is 28.4. The summed E-state index contributed by atoms with van der Waals surface area (Å²) in [7, 11) is -3.64. The summed E-state index contributed by atoms with van der Waals surface area (Å²) in [5, 5.41) is 3.24. The summed E-state index contributed by atoms with van der Waals surface area (Å²) in [6.45, 7) is 10.7. The van der Waals surface area contributed by atoms with Gasteiger partial charge in [0.05, 0.1) is 4.90 Å². The van der Waals surface area contributed by atoms with Crippen molar-refractivity contribution < 1.29 is 13.2 Å². The number of benzene rings is 1. The van der Waals surface area contributed by atoms with Gasteiger partial charge in [0.25, 0.3) is 0 Å². The lowest BCUT2D eigenvalue weighted by molar-refractivity contribution is -0.131. The molecule has 2 aliphatic rings. The number of rotatable bonds is 10. The van der Waals surface area contributed by atoms with Crippen molar-refractivity contribution in [3.8, 4) is 0 Å². The van der Waals surface area contributed by atoms with Gasteiger partial charge in [-0.3, -0.25) is 4.79 Å². The van der Waals surface area contributed by atoms with E-state index in [4.69, 9.17) is 0 Å². The van der Waals surface area contributed by atoms with Crippen LogP contribution in [0.15, 0.2) is 29.2 Å². The summed E-state index contributed by atoms with van der Waals surface area (Å²) in [5.74, 6) is 0.561. The Balaban J connectivity index is 1.69.